The topological polar surface area (TPSA) is 61.1 Å². The van der Waals surface area contributed by atoms with Crippen LogP contribution in [0.3, 0.4) is 0 Å². The van der Waals surface area contributed by atoms with Gasteiger partial charge in [-0.3, -0.25) is 0 Å². The molecule has 1 atom stereocenters. The van der Waals surface area contributed by atoms with Gasteiger partial charge in [0.25, 0.3) is 6.71 Å². The van der Waals surface area contributed by atoms with E-state index in [4.69, 9.17) is 11.6 Å². The normalized spacial score (nSPS) is 20.1. The Morgan fingerprint density at radius 1 is 1.54 bits per heavy atom. The summed E-state index contributed by atoms with van der Waals surface area (Å²) < 4.78 is 19.7. The van der Waals surface area contributed by atoms with E-state index in [0.29, 0.717) is 25.7 Å². The van der Waals surface area contributed by atoms with Crippen LogP contribution in [0.1, 0.15) is 20.3 Å². The summed E-state index contributed by atoms with van der Waals surface area (Å²) in [5.41, 5.74) is 0.901. The van der Waals surface area contributed by atoms with E-state index in [9.17, 15) is 9.65 Å². The molecule has 0 spiro atoms. The number of rotatable bonds is 3. The average Bonchev–Trinajstić information content (AvgIpc) is 2.98. The van der Waals surface area contributed by atoms with Crippen molar-refractivity contribution in [2.45, 2.75) is 39.0 Å². The number of aromatic nitrogens is 1. The Balaban J connectivity index is 1.91. The summed E-state index contributed by atoms with van der Waals surface area (Å²) >= 11 is 9.38. The van der Waals surface area contributed by atoms with E-state index in [1.807, 2.05) is 0 Å². The molecule has 1 aliphatic rings. The first-order valence-corrected chi connectivity index (χ1v) is 11.4. The number of hydrogen-bond donors (Lipinski definition) is 1. The largest absolute Gasteiger partial charge is 0.379 e. The second kappa shape index (κ2) is 7.97. The SMILES string of the molecule is CC1(C)CB(C#N)CCC1Nc1cc(N=c2ssnc2Cl)c(Br)cc1F. The summed E-state index contributed by atoms with van der Waals surface area (Å²) in [5, 5.41) is 12.9. The van der Waals surface area contributed by atoms with Crippen molar-refractivity contribution in [3.8, 4) is 5.97 Å². The minimum atomic E-state index is -0.341. The van der Waals surface area contributed by atoms with Crippen molar-refractivity contribution < 1.29 is 4.39 Å². The van der Waals surface area contributed by atoms with Crippen molar-refractivity contribution in [2.75, 3.05) is 5.32 Å². The zero-order chi connectivity index (χ0) is 18.9. The summed E-state index contributed by atoms with van der Waals surface area (Å²) in [7, 11) is 2.63. The van der Waals surface area contributed by atoms with Crippen molar-refractivity contribution in [1.82, 2.24) is 4.37 Å². The van der Waals surface area contributed by atoms with E-state index in [-0.39, 0.29) is 24.0 Å². The fraction of sp³-hybridized carbons (Fsp3) is 0.438. The fourth-order valence-electron chi connectivity index (χ4n) is 3.27. The van der Waals surface area contributed by atoms with Crippen LogP contribution in [-0.2, 0) is 0 Å². The third-order valence-electron chi connectivity index (χ3n) is 4.70. The number of benzene rings is 1. The van der Waals surface area contributed by atoms with E-state index >= 15 is 0 Å². The third kappa shape index (κ3) is 4.30. The molecule has 0 radical (unpaired) electrons. The minimum absolute atomic E-state index is 0.0677. The predicted octanol–water partition coefficient (Wildman–Crippen LogP) is 5.76. The molecule has 0 aliphatic carbocycles. The summed E-state index contributed by atoms with van der Waals surface area (Å²) in [4.78, 5) is 4.49. The fourth-order valence-corrected chi connectivity index (χ4v) is 5.66. The van der Waals surface area contributed by atoms with Gasteiger partial charge in [-0.15, -0.1) is 0 Å². The lowest BCUT2D eigenvalue weighted by Gasteiger charge is -2.40. The number of nitrogens with one attached hydrogen (secondary N) is 1. The van der Waals surface area contributed by atoms with Crippen molar-refractivity contribution >= 4 is 66.5 Å². The summed E-state index contributed by atoms with van der Waals surface area (Å²) in [6.45, 7) is 4.31. The minimum Gasteiger partial charge on any atom is -0.379 e. The highest BCUT2D eigenvalue weighted by atomic mass is 79.9. The molecule has 136 valence electrons. The van der Waals surface area contributed by atoms with Crippen LogP contribution in [0.15, 0.2) is 21.6 Å². The number of anilines is 1. The Kier molecular flexibility index (Phi) is 6.07. The van der Waals surface area contributed by atoms with Crippen LogP contribution in [-0.4, -0.2) is 17.1 Å². The molecule has 0 amide bonds. The highest BCUT2D eigenvalue weighted by Gasteiger charge is 2.39. The van der Waals surface area contributed by atoms with Crippen LogP contribution < -0.4 is 9.99 Å². The average molecular weight is 474 g/mol. The van der Waals surface area contributed by atoms with Crippen LogP contribution in [0.5, 0.6) is 0 Å². The first kappa shape index (κ1) is 19.8. The Labute approximate surface area is 172 Å². The highest BCUT2D eigenvalue weighted by molar-refractivity contribution is 9.10. The smallest absolute Gasteiger partial charge is 0.268 e. The summed E-state index contributed by atoms with van der Waals surface area (Å²) in [6, 6.07) is 3.19. The van der Waals surface area contributed by atoms with Gasteiger partial charge in [-0.1, -0.05) is 38.1 Å². The van der Waals surface area contributed by atoms with E-state index in [1.165, 1.54) is 26.9 Å². The Morgan fingerprint density at radius 3 is 2.92 bits per heavy atom. The standard InChI is InChI=1S/C16H16BBrClFN4S2/c1-16(2)7-17(8-21)4-3-13(16)22-12-6-11(9(18)5-10(12)20)23-15-14(19)24-26-25-15/h5-6,13,22H,3-4,7H2,1-2H3. The second-order valence-electron chi connectivity index (χ2n) is 7.03. The van der Waals surface area contributed by atoms with Crippen molar-refractivity contribution in [3.63, 3.8) is 0 Å². The van der Waals surface area contributed by atoms with Gasteiger partial charge in [0, 0.05) is 27.0 Å². The molecule has 10 heteroatoms. The van der Waals surface area contributed by atoms with Crippen LogP contribution in [0.2, 0.25) is 17.8 Å². The molecular weight excluding hydrogens is 458 g/mol. The molecule has 1 unspecified atom stereocenters. The van der Waals surface area contributed by atoms with E-state index < -0.39 is 0 Å². The molecule has 1 aromatic carbocycles. The van der Waals surface area contributed by atoms with Crippen LogP contribution in [0.25, 0.3) is 0 Å². The Morgan fingerprint density at radius 2 is 2.31 bits per heavy atom. The predicted molar refractivity (Wildman–Crippen MR) is 111 cm³/mol. The zero-order valence-corrected chi connectivity index (χ0v) is 18.2. The van der Waals surface area contributed by atoms with Gasteiger partial charge in [0.15, 0.2) is 9.82 Å². The molecule has 4 nitrogen and oxygen atoms in total. The lowest BCUT2D eigenvalue weighted by molar-refractivity contribution is 0.316. The van der Waals surface area contributed by atoms with E-state index in [2.05, 4.69) is 50.4 Å². The molecule has 1 fully saturated rings. The van der Waals surface area contributed by atoms with Crippen molar-refractivity contribution in [3.05, 3.63) is 32.2 Å². The van der Waals surface area contributed by atoms with Gasteiger partial charge >= 0.3 is 0 Å². The lowest BCUT2D eigenvalue weighted by Crippen LogP contribution is -2.43. The van der Waals surface area contributed by atoms with Gasteiger partial charge in [-0.2, -0.15) is 4.37 Å². The van der Waals surface area contributed by atoms with E-state index in [0.717, 1.165) is 19.1 Å². The number of nitrogens with zero attached hydrogens (tertiary/aromatic N) is 3. The van der Waals surface area contributed by atoms with Crippen LogP contribution in [0, 0.1) is 22.5 Å². The van der Waals surface area contributed by atoms with E-state index in [1.54, 1.807) is 6.07 Å². The van der Waals surface area contributed by atoms with Gasteiger partial charge in [-0.05, 0) is 50.2 Å². The number of nitriles is 1. The zero-order valence-electron chi connectivity index (χ0n) is 14.2. The molecule has 1 N–H and O–H groups in total. The summed E-state index contributed by atoms with van der Waals surface area (Å²) in [6.07, 6.45) is 2.45. The maximum absolute atomic E-state index is 14.5. The van der Waals surface area contributed by atoms with Crippen molar-refractivity contribution in [1.29, 1.82) is 5.26 Å². The highest BCUT2D eigenvalue weighted by Crippen LogP contribution is 2.39. The molecule has 2 aromatic rings. The first-order valence-electron chi connectivity index (χ1n) is 8.11. The molecule has 2 heterocycles. The number of halogens is 3. The molecule has 0 saturated carbocycles. The van der Waals surface area contributed by atoms with Gasteiger partial charge in [0.05, 0.1) is 11.4 Å². The van der Waals surface area contributed by atoms with Crippen LogP contribution in [0.4, 0.5) is 15.8 Å². The lowest BCUT2D eigenvalue weighted by atomic mass is 9.37. The van der Waals surface area contributed by atoms with Gasteiger partial charge in [0.1, 0.15) is 5.82 Å². The van der Waals surface area contributed by atoms with Gasteiger partial charge in [0.2, 0.25) is 0 Å². The molecule has 3 rings (SSSR count). The maximum atomic E-state index is 14.5. The second-order valence-corrected chi connectivity index (χ2v) is 10.1. The van der Waals surface area contributed by atoms with Gasteiger partial charge < -0.3 is 5.32 Å². The monoisotopic (exact) mass is 472 g/mol. The Bertz CT molecular complexity index is 924. The van der Waals surface area contributed by atoms with Crippen LogP contribution >= 0.6 is 48.4 Å². The molecule has 1 saturated heterocycles. The molecular formula is C16H16BBrClFN4S2. The first-order chi connectivity index (χ1) is 12.3. The third-order valence-corrected chi connectivity index (χ3v) is 7.51. The maximum Gasteiger partial charge on any atom is 0.268 e. The quantitative estimate of drug-likeness (QED) is 0.455. The summed E-state index contributed by atoms with van der Waals surface area (Å²) in [5.74, 6) is 2.02. The van der Waals surface area contributed by atoms with Crippen molar-refractivity contribution in [2.24, 2.45) is 10.4 Å². The number of hydrogen-bond acceptors (Lipinski definition) is 6. The van der Waals surface area contributed by atoms with Gasteiger partial charge in [-0.25, -0.2) is 14.6 Å². The molecule has 1 aliphatic heterocycles. The molecule has 0 bridgehead atoms. The molecule has 1 aromatic heterocycles. The molecule has 26 heavy (non-hydrogen) atoms. The Hall–Kier alpha value is -0.945.